The van der Waals surface area contributed by atoms with Gasteiger partial charge in [0.2, 0.25) is 11.8 Å². The number of imide groups is 1. The average Bonchev–Trinajstić information content (AvgIpc) is 3.31. The molecule has 1 saturated heterocycles. The highest BCUT2D eigenvalue weighted by atomic mass is 35.5. The number of carbonyl (C=O) groups excluding carboxylic acids is 2. The van der Waals surface area contributed by atoms with Gasteiger partial charge in [-0.05, 0) is 74.0 Å². The van der Waals surface area contributed by atoms with Crippen LogP contribution in [0.3, 0.4) is 0 Å². The highest BCUT2D eigenvalue weighted by Gasteiger charge is 2.63. The molecular weight excluding hydrogens is 382 g/mol. The van der Waals surface area contributed by atoms with Crippen molar-refractivity contribution >= 4 is 29.1 Å². The molecule has 29 heavy (non-hydrogen) atoms. The predicted octanol–water partition coefficient (Wildman–Crippen LogP) is 5.01. The summed E-state index contributed by atoms with van der Waals surface area (Å²) in [5.41, 5.74) is 3.79. The first-order chi connectivity index (χ1) is 14.1. The van der Waals surface area contributed by atoms with Crippen LogP contribution in [0.5, 0.6) is 0 Å². The molecule has 1 aromatic carbocycles. The molecule has 0 radical (unpaired) electrons. The average molecular weight is 406 g/mol. The van der Waals surface area contributed by atoms with E-state index in [0.29, 0.717) is 10.7 Å². The van der Waals surface area contributed by atoms with Gasteiger partial charge >= 0.3 is 0 Å². The second-order valence-corrected chi connectivity index (χ2v) is 10.6. The lowest BCUT2D eigenvalue weighted by molar-refractivity contribution is -0.122. The molecule has 7 aliphatic rings. The third-order valence-electron chi connectivity index (χ3n) is 8.83. The number of anilines is 1. The van der Waals surface area contributed by atoms with Crippen LogP contribution in [0.25, 0.3) is 0 Å². The molecule has 0 spiro atoms. The molecule has 4 atom stereocenters. The van der Waals surface area contributed by atoms with E-state index >= 15 is 0 Å². The fourth-order valence-corrected chi connectivity index (χ4v) is 8.37. The summed E-state index contributed by atoms with van der Waals surface area (Å²) in [6.07, 6.45) is 11.3. The molecule has 0 aromatic heterocycles. The van der Waals surface area contributed by atoms with Crippen molar-refractivity contribution in [1.82, 2.24) is 0 Å². The minimum absolute atomic E-state index is 0.0268. The number of hydrogen-bond donors (Lipinski definition) is 0. The number of amides is 2. The Morgan fingerprint density at radius 1 is 0.793 bits per heavy atom. The van der Waals surface area contributed by atoms with Crippen molar-refractivity contribution in [1.29, 1.82) is 0 Å². The first-order valence-electron chi connectivity index (χ1n) is 11.2. The number of nitrogens with zero attached hydrogens (tertiary/aromatic N) is 1. The molecule has 2 amide bonds. The number of halogens is 1. The summed E-state index contributed by atoms with van der Waals surface area (Å²) in [4.78, 5) is 28.3. The molecule has 1 heterocycles. The van der Waals surface area contributed by atoms with E-state index in [1.807, 2.05) is 6.07 Å². The van der Waals surface area contributed by atoms with E-state index in [2.05, 4.69) is 12.2 Å². The number of allylic oxidation sites excluding steroid dienone is 4. The Balaban J connectivity index is 1.29. The van der Waals surface area contributed by atoms with Gasteiger partial charge in [-0.1, -0.05) is 41.0 Å². The van der Waals surface area contributed by atoms with Gasteiger partial charge in [0, 0.05) is 16.9 Å². The van der Waals surface area contributed by atoms with Crippen molar-refractivity contribution in [2.75, 3.05) is 4.90 Å². The number of carbonyl (C=O) groups is 2. The van der Waals surface area contributed by atoms with Crippen molar-refractivity contribution in [3.8, 4) is 0 Å². The Labute approximate surface area is 175 Å². The zero-order valence-corrected chi connectivity index (χ0v) is 17.0. The lowest BCUT2D eigenvalue weighted by atomic mass is 9.53. The van der Waals surface area contributed by atoms with Gasteiger partial charge in [-0.3, -0.25) is 9.59 Å². The van der Waals surface area contributed by atoms with Crippen LogP contribution in [0.1, 0.15) is 32.1 Å². The minimum Gasteiger partial charge on any atom is -0.274 e. The van der Waals surface area contributed by atoms with Crippen molar-refractivity contribution in [3.63, 3.8) is 0 Å². The Kier molecular flexibility index (Phi) is 3.28. The van der Waals surface area contributed by atoms with Gasteiger partial charge in [0.25, 0.3) is 0 Å². The third-order valence-corrected chi connectivity index (χ3v) is 9.07. The predicted molar refractivity (Wildman–Crippen MR) is 111 cm³/mol. The Morgan fingerprint density at radius 2 is 1.38 bits per heavy atom. The van der Waals surface area contributed by atoms with E-state index in [4.69, 9.17) is 11.6 Å². The molecule has 148 valence electrons. The van der Waals surface area contributed by atoms with Gasteiger partial charge in [0.1, 0.15) is 0 Å². The summed E-state index contributed by atoms with van der Waals surface area (Å²) in [5.74, 6) is 3.09. The smallest absolute Gasteiger partial charge is 0.238 e. The molecule has 1 aliphatic heterocycles. The highest BCUT2D eigenvalue weighted by molar-refractivity contribution is 6.31. The lowest BCUT2D eigenvalue weighted by Crippen LogP contribution is -2.41. The monoisotopic (exact) mass is 405 g/mol. The number of hydrogen-bond acceptors (Lipinski definition) is 2. The number of fused-ring (bicyclic) bond motifs is 5. The SMILES string of the molecule is O=C1[C@@H]2[C@H](C(=O)N1c1cccc(Cl)c1)[C@H]1C=C[C@H]2C1=C1C2CC3CC(C2)CC1C3. The van der Waals surface area contributed by atoms with Gasteiger partial charge in [-0.25, -0.2) is 4.90 Å². The van der Waals surface area contributed by atoms with Crippen LogP contribution in [0.15, 0.2) is 47.6 Å². The second kappa shape index (κ2) is 5.63. The van der Waals surface area contributed by atoms with Crippen LogP contribution < -0.4 is 4.90 Å². The number of rotatable bonds is 1. The molecule has 6 fully saturated rings. The van der Waals surface area contributed by atoms with Crippen molar-refractivity contribution in [2.24, 2.45) is 47.3 Å². The van der Waals surface area contributed by atoms with Gasteiger partial charge in [0.15, 0.2) is 0 Å². The molecule has 6 bridgehead atoms. The fourth-order valence-electron chi connectivity index (χ4n) is 8.18. The number of benzene rings is 1. The second-order valence-electron chi connectivity index (χ2n) is 10.2. The van der Waals surface area contributed by atoms with Crippen LogP contribution in [0.4, 0.5) is 5.69 Å². The van der Waals surface area contributed by atoms with Crippen LogP contribution in [-0.4, -0.2) is 11.8 Å². The minimum atomic E-state index is -0.212. The van der Waals surface area contributed by atoms with Crippen LogP contribution in [0.2, 0.25) is 5.02 Å². The topological polar surface area (TPSA) is 37.4 Å². The van der Waals surface area contributed by atoms with Crippen LogP contribution >= 0.6 is 11.6 Å². The van der Waals surface area contributed by atoms with Gasteiger partial charge < -0.3 is 0 Å². The molecule has 5 saturated carbocycles. The van der Waals surface area contributed by atoms with Crippen molar-refractivity contribution in [3.05, 3.63) is 52.6 Å². The van der Waals surface area contributed by atoms with E-state index in [1.54, 1.807) is 23.8 Å². The molecule has 3 nitrogen and oxygen atoms in total. The molecule has 4 heteroatoms. The van der Waals surface area contributed by atoms with Crippen LogP contribution in [-0.2, 0) is 9.59 Å². The largest absolute Gasteiger partial charge is 0.274 e. The maximum atomic E-state index is 13.4. The molecule has 1 aromatic rings. The molecule has 8 rings (SSSR count). The lowest BCUT2D eigenvalue weighted by Gasteiger charge is -2.52. The van der Waals surface area contributed by atoms with E-state index in [1.165, 1.54) is 42.6 Å². The first-order valence-corrected chi connectivity index (χ1v) is 11.5. The summed E-state index contributed by atoms with van der Waals surface area (Å²) in [6, 6.07) is 7.12. The quantitative estimate of drug-likeness (QED) is 0.486. The third kappa shape index (κ3) is 2.10. The van der Waals surface area contributed by atoms with Crippen molar-refractivity contribution < 1.29 is 9.59 Å². The van der Waals surface area contributed by atoms with E-state index < -0.39 is 0 Å². The van der Waals surface area contributed by atoms with Gasteiger partial charge in [-0.15, -0.1) is 0 Å². The maximum absolute atomic E-state index is 13.4. The highest BCUT2D eigenvalue weighted by Crippen LogP contribution is 2.63. The zero-order chi connectivity index (χ0) is 19.4. The normalized spacial score (nSPS) is 43.8. The summed E-state index contributed by atoms with van der Waals surface area (Å²) in [6.45, 7) is 0. The van der Waals surface area contributed by atoms with Crippen molar-refractivity contribution in [2.45, 2.75) is 32.1 Å². The summed E-state index contributed by atoms with van der Waals surface area (Å²) in [7, 11) is 0. The Hall–Kier alpha value is -1.87. The van der Waals surface area contributed by atoms with Crippen LogP contribution in [0, 0.1) is 47.3 Å². The Bertz CT molecular complexity index is 959. The van der Waals surface area contributed by atoms with E-state index in [0.717, 1.165) is 23.7 Å². The summed E-state index contributed by atoms with van der Waals surface area (Å²) in [5, 5.41) is 0.553. The Morgan fingerprint density at radius 3 is 1.93 bits per heavy atom. The summed E-state index contributed by atoms with van der Waals surface area (Å²) < 4.78 is 0. The molecule has 0 unspecified atom stereocenters. The first kappa shape index (κ1) is 16.9. The van der Waals surface area contributed by atoms with E-state index in [-0.39, 0.29) is 35.5 Å². The van der Waals surface area contributed by atoms with Gasteiger partial charge in [-0.2, -0.15) is 0 Å². The van der Waals surface area contributed by atoms with Gasteiger partial charge in [0.05, 0.1) is 17.5 Å². The molecule has 6 aliphatic carbocycles. The van der Waals surface area contributed by atoms with E-state index in [9.17, 15) is 9.59 Å². The molecular formula is C25H24ClNO2. The fraction of sp³-hybridized carbons (Fsp3) is 0.520. The standard InChI is InChI=1S/C25H24ClNO2/c26-16-2-1-3-17(11-16)27-24(28)22-18-4-5-19(23(22)25(27)29)21(18)20-14-7-12-6-13(9-14)10-15(20)8-12/h1-5,11-15,18-19,22-23H,6-10H2/t12?,13?,14?,15?,18-,19-,22-,23+/m0/s1. The summed E-state index contributed by atoms with van der Waals surface area (Å²) >= 11 is 6.13. The molecule has 0 N–H and O–H groups in total. The maximum Gasteiger partial charge on any atom is 0.238 e. The zero-order valence-electron chi connectivity index (χ0n) is 16.3.